The van der Waals surface area contributed by atoms with Crippen molar-refractivity contribution in [3.05, 3.63) is 53.9 Å². The van der Waals surface area contributed by atoms with Gasteiger partial charge in [-0.05, 0) is 12.1 Å². The molecule has 0 amide bonds. The van der Waals surface area contributed by atoms with Crippen LogP contribution in [0.5, 0.6) is 11.5 Å². The Morgan fingerprint density at radius 3 is 2.92 bits per heavy atom. The first-order chi connectivity index (χ1) is 11.9. The molecular formula is C17H16N4O2S. The summed E-state index contributed by atoms with van der Waals surface area (Å²) in [6.45, 7) is 2.00. The van der Waals surface area contributed by atoms with Gasteiger partial charge in [0.15, 0.2) is 11.5 Å². The van der Waals surface area contributed by atoms with Gasteiger partial charge in [0.1, 0.15) is 23.4 Å². The number of fused-ring (bicyclic) bond motifs is 1. The van der Waals surface area contributed by atoms with Crippen LogP contribution in [0.15, 0.2) is 49.1 Å². The fourth-order valence-electron chi connectivity index (χ4n) is 2.44. The molecule has 0 spiro atoms. The molecule has 1 aliphatic heterocycles. The van der Waals surface area contributed by atoms with Crippen LogP contribution in [0.3, 0.4) is 0 Å². The van der Waals surface area contributed by atoms with Crippen LogP contribution >= 0.6 is 11.3 Å². The molecule has 1 N–H and O–H groups in total. The van der Waals surface area contributed by atoms with E-state index < -0.39 is 0 Å². The van der Waals surface area contributed by atoms with Gasteiger partial charge in [-0.25, -0.2) is 4.98 Å². The molecule has 1 atom stereocenters. The van der Waals surface area contributed by atoms with E-state index in [0.717, 1.165) is 33.6 Å². The van der Waals surface area contributed by atoms with Gasteiger partial charge in [0, 0.05) is 36.6 Å². The van der Waals surface area contributed by atoms with E-state index in [9.17, 15) is 0 Å². The van der Waals surface area contributed by atoms with Crippen LogP contribution < -0.4 is 14.8 Å². The number of ether oxygens (including phenoxy) is 2. The molecule has 0 radical (unpaired) electrons. The Hall–Kier alpha value is -2.51. The average Bonchev–Trinajstić information content (AvgIpc) is 3.11. The van der Waals surface area contributed by atoms with Crippen molar-refractivity contribution in [3.8, 4) is 22.2 Å². The Bertz CT molecular complexity index is 809. The molecule has 0 saturated carbocycles. The lowest BCUT2D eigenvalue weighted by Crippen LogP contribution is -2.38. The summed E-state index contributed by atoms with van der Waals surface area (Å²) in [5.41, 5.74) is 0.800. The second-order valence-corrected chi connectivity index (χ2v) is 6.47. The number of benzene rings is 1. The smallest absolute Gasteiger partial charge is 0.161 e. The van der Waals surface area contributed by atoms with Crippen LogP contribution in [0.25, 0.3) is 10.7 Å². The SMILES string of the molecule is c1ccc2c(c1)OCC(CNCc1cnc(-c3cnccn3)s1)O2. The molecule has 3 heterocycles. The maximum absolute atomic E-state index is 5.93. The van der Waals surface area contributed by atoms with Gasteiger partial charge in [-0.15, -0.1) is 11.3 Å². The standard InChI is InChI=1S/C17H16N4O2S/c1-2-4-16-15(3-1)22-11-12(23-16)7-19-8-13-9-21-17(24-13)14-10-18-5-6-20-14/h1-6,9-10,12,19H,7-8,11H2. The number of para-hydroxylation sites is 2. The van der Waals surface area contributed by atoms with Gasteiger partial charge in [-0.1, -0.05) is 12.1 Å². The molecule has 1 aliphatic rings. The Balaban J connectivity index is 1.30. The fourth-order valence-corrected chi connectivity index (χ4v) is 3.28. The van der Waals surface area contributed by atoms with Crippen molar-refractivity contribution in [2.24, 2.45) is 0 Å². The maximum Gasteiger partial charge on any atom is 0.161 e. The zero-order valence-corrected chi connectivity index (χ0v) is 13.7. The van der Waals surface area contributed by atoms with Crippen LogP contribution in [-0.2, 0) is 6.54 Å². The summed E-state index contributed by atoms with van der Waals surface area (Å²) < 4.78 is 11.6. The molecule has 4 rings (SSSR count). The van der Waals surface area contributed by atoms with E-state index in [2.05, 4.69) is 20.3 Å². The molecular weight excluding hydrogens is 324 g/mol. The summed E-state index contributed by atoms with van der Waals surface area (Å²) in [6, 6.07) is 7.74. The number of hydrogen-bond acceptors (Lipinski definition) is 7. The minimum absolute atomic E-state index is 0.00674. The van der Waals surface area contributed by atoms with Crippen molar-refractivity contribution in [2.75, 3.05) is 13.2 Å². The van der Waals surface area contributed by atoms with Gasteiger partial charge >= 0.3 is 0 Å². The van der Waals surface area contributed by atoms with Crippen molar-refractivity contribution in [1.82, 2.24) is 20.3 Å². The van der Waals surface area contributed by atoms with Crippen molar-refractivity contribution in [1.29, 1.82) is 0 Å². The quantitative estimate of drug-likeness (QED) is 0.770. The van der Waals surface area contributed by atoms with E-state index in [4.69, 9.17) is 9.47 Å². The molecule has 24 heavy (non-hydrogen) atoms. The Kier molecular flexibility index (Phi) is 4.35. The summed E-state index contributed by atoms with van der Waals surface area (Å²) >= 11 is 1.61. The minimum atomic E-state index is 0.00674. The van der Waals surface area contributed by atoms with Gasteiger partial charge in [-0.2, -0.15) is 0 Å². The number of thiazole rings is 1. The van der Waals surface area contributed by atoms with Gasteiger partial charge in [0.25, 0.3) is 0 Å². The molecule has 2 aromatic heterocycles. The Labute approximate surface area is 143 Å². The molecule has 3 aromatic rings. The zero-order valence-electron chi connectivity index (χ0n) is 12.9. The highest BCUT2D eigenvalue weighted by molar-refractivity contribution is 7.14. The van der Waals surface area contributed by atoms with Crippen molar-refractivity contribution < 1.29 is 9.47 Å². The largest absolute Gasteiger partial charge is 0.486 e. The summed E-state index contributed by atoms with van der Waals surface area (Å²) in [5, 5.41) is 4.28. The first kappa shape index (κ1) is 15.0. The molecule has 1 aromatic carbocycles. The molecule has 1 unspecified atom stereocenters. The van der Waals surface area contributed by atoms with E-state index in [1.54, 1.807) is 29.9 Å². The molecule has 122 valence electrons. The van der Waals surface area contributed by atoms with Crippen molar-refractivity contribution in [3.63, 3.8) is 0 Å². The first-order valence-electron chi connectivity index (χ1n) is 7.69. The number of aromatic nitrogens is 3. The third-order valence-corrected chi connectivity index (χ3v) is 4.59. The normalized spacial score (nSPS) is 16.1. The van der Waals surface area contributed by atoms with E-state index in [1.165, 1.54) is 0 Å². The van der Waals surface area contributed by atoms with E-state index in [0.29, 0.717) is 13.2 Å². The van der Waals surface area contributed by atoms with E-state index >= 15 is 0 Å². The van der Waals surface area contributed by atoms with Crippen LogP contribution in [0.1, 0.15) is 4.88 Å². The van der Waals surface area contributed by atoms with Gasteiger partial charge < -0.3 is 14.8 Å². The van der Waals surface area contributed by atoms with Gasteiger partial charge in [-0.3, -0.25) is 9.97 Å². The topological polar surface area (TPSA) is 69.2 Å². The van der Waals surface area contributed by atoms with E-state index in [1.807, 2.05) is 30.5 Å². The molecule has 7 heteroatoms. The number of nitrogens with zero attached hydrogens (tertiary/aromatic N) is 3. The predicted molar refractivity (Wildman–Crippen MR) is 91.2 cm³/mol. The van der Waals surface area contributed by atoms with Crippen LogP contribution in [0.4, 0.5) is 0 Å². The summed E-state index contributed by atoms with van der Waals surface area (Å²) in [5.74, 6) is 1.61. The highest BCUT2D eigenvalue weighted by Crippen LogP contribution is 2.30. The second kappa shape index (κ2) is 6.94. The molecule has 0 fully saturated rings. The lowest BCUT2D eigenvalue weighted by atomic mass is 10.2. The number of nitrogens with one attached hydrogen (secondary N) is 1. The highest BCUT2D eigenvalue weighted by atomic mass is 32.1. The van der Waals surface area contributed by atoms with Crippen molar-refractivity contribution >= 4 is 11.3 Å². The molecule has 6 nitrogen and oxygen atoms in total. The summed E-state index contributed by atoms with van der Waals surface area (Å²) in [6.07, 6.45) is 6.93. The number of rotatable bonds is 5. The monoisotopic (exact) mass is 340 g/mol. The molecule has 0 aliphatic carbocycles. The zero-order chi connectivity index (χ0) is 16.2. The predicted octanol–water partition coefficient (Wildman–Crippen LogP) is 2.53. The lowest BCUT2D eigenvalue weighted by molar-refractivity contribution is 0.0903. The van der Waals surface area contributed by atoms with E-state index in [-0.39, 0.29) is 6.10 Å². The second-order valence-electron chi connectivity index (χ2n) is 5.35. The third kappa shape index (κ3) is 3.37. The molecule has 0 saturated heterocycles. The Morgan fingerprint density at radius 2 is 2.04 bits per heavy atom. The van der Waals surface area contributed by atoms with Gasteiger partial charge in [0.05, 0.1) is 6.20 Å². The minimum Gasteiger partial charge on any atom is -0.486 e. The van der Waals surface area contributed by atoms with Gasteiger partial charge in [0.2, 0.25) is 0 Å². The summed E-state index contributed by atoms with van der Waals surface area (Å²) in [7, 11) is 0. The van der Waals surface area contributed by atoms with Crippen LogP contribution in [-0.4, -0.2) is 34.2 Å². The maximum atomic E-state index is 5.93. The van der Waals surface area contributed by atoms with Crippen molar-refractivity contribution in [2.45, 2.75) is 12.6 Å². The molecule has 0 bridgehead atoms. The first-order valence-corrected chi connectivity index (χ1v) is 8.50. The average molecular weight is 340 g/mol. The Morgan fingerprint density at radius 1 is 1.12 bits per heavy atom. The van der Waals surface area contributed by atoms with Crippen LogP contribution in [0.2, 0.25) is 0 Å². The summed E-state index contributed by atoms with van der Waals surface area (Å²) in [4.78, 5) is 13.9. The lowest BCUT2D eigenvalue weighted by Gasteiger charge is -2.26. The third-order valence-electron chi connectivity index (χ3n) is 3.57. The highest BCUT2D eigenvalue weighted by Gasteiger charge is 2.20. The number of hydrogen-bond donors (Lipinski definition) is 1. The van der Waals surface area contributed by atoms with Crippen LogP contribution in [0, 0.1) is 0 Å². The fraction of sp³-hybridized carbons (Fsp3) is 0.235.